The molecule has 0 N–H and O–H groups in total. The van der Waals surface area contributed by atoms with E-state index in [4.69, 9.17) is 0 Å². The van der Waals surface area contributed by atoms with Crippen molar-refractivity contribution in [2.24, 2.45) is 0 Å². The van der Waals surface area contributed by atoms with Gasteiger partial charge >= 0.3 is 0 Å². The quantitative estimate of drug-likeness (QED) is 0.699. The van der Waals surface area contributed by atoms with Gasteiger partial charge in [0.2, 0.25) is 0 Å². The van der Waals surface area contributed by atoms with Gasteiger partial charge in [0.15, 0.2) is 0 Å². The van der Waals surface area contributed by atoms with Gasteiger partial charge < -0.3 is 0 Å². The van der Waals surface area contributed by atoms with Crippen LogP contribution in [0.4, 0.5) is 0 Å². The Labute approximate surface area is 104 Å². The largest absolute Gasteiger partial charge is 0.0645 e. The van der Waals surface area contributed by atoms with Gasteiger partial charge in [-0.05, 0) is 37.0 Å². The van der Waals surface area contributed by atoms with Crippen LogP contribution in [0, 0.1) is 13.8 Å². The predicted octanol–water partition coefficient (Wildman–Crippen LogP) is 4.85. The van der Waals surface area contributed by atoms with E-state index >= 15 is 0 Å². The molecule has 0 bridgehead atoms. The maximum absolute atomic E-state index is 2.28. The summed E-state index contributed by atoms with van der Waals surface area (Å²) in [6, 6.07) is 17.6. The Balaban J connectivity index is 2.42. The van der Waals surface area contributed by atoms with Gasteiger partial charge in [-0.3, -0.25) is 0 Å². The number of hydrogen-bond acceptors (Lipinski definition) is 0. The number of benzene rings is 2. The number of aryl methyl sites for hydroxylation is 2. The SMILES string of the molecule is CCC(c1ccccc1)c1ccc(C)cc1C. The topological polar surface area (TPSA) is 0 Å². The van der Waals surface area contributed by atoms with Crippen molar-refractivity contribution in [2.75, 3.05) is 0 Å². The van der Waals surface area contributed by atoms with Gasteiger partial charge in [0.05, 0.1) is 0 Å². The van der Waals surface area contributed by atoms with Crippen molar-refractivity contribution in [1.29, 1.82) is 0 Å². The first-order chi connectivity index (χ1) is 8.22. The molecule has 1 unspecified atom stereocenters. The van der Waals surface area contributed by atoms with E-state index in [0.717, 1.165) is 6.42 Å². The van der Waals surface area contributed by atoms with Crippen LogP contribution in [0.3, 0.4) is 0 Å². The van der Waals surface area contributed by atoms with E-state index in [1.807, 2.05) is 0 Å². The highest BCUT2D eigenvalue weighted by molar-refractivity contribution is 5.39. The summed E-state index contributed by atoms with van der Waals surface area (Å²) in [5.41, 5.74) is 5.63. The second kappa shape index (κ2) is 5.18. The van der Waals surface area contributed by atoms with E-state index in [1.165, 1.54) is 22.3 Å². The maximum Gasteiger partial charge on any atom is 0.00893 e. The molecule has 0 aromatic heterocycles. The Morgan fingerprint density at radius 3 is 2.24 bits per heavy atom. The fourth-order valence-corrected chi connectivity index (χ4v) is 2.54. The first kappa shape index (κ1) is 11.9. The Hall–Kier alpha value is -1.56. The highest BCUT2D eigenvalue weighted by atomic mass is 14.2. The van der Waals surface area contributed by atoms with Crippen LogP contribution in [0.5, 0.6) is 0 Å². The fraction of sp³-hybridized carbons (Fsp3) is 0.294. The van der Waals surface area contributed by atoms with Crippen LogP contribution in [0.2, 0.25) is 0 Å². The second-order valence-corrected chi connectivity index (χ2v) is 4.73. The molecule has 0 heteroatoms. The molecule has 0 amide bonds. The van der Waals surface area contributed by atoms with Crippen molar-refractivity contribution in [2.45, 2.75) is 33.1 Å². The summed E-state index contributed by atoms with van der Waals surface area (Å²) in [7, 11) is 0. The molecule has 2 aromatic rings. The molecule has 88 valence electrons. The Kier molecular flexibility index (Phi) is 3.63. The molecular weight excluding hydrogens is 204 g/mol. The highest BCUT2D eigenvalue weighted by Crippen LogP contribution is 2.30. The minimum atomic E-state index is 0.525. The van der Waals surface area contributed by atoms with E-state index in [0.29, 0.717) is 5.92 Å². The molecule has 0 radical (unpaired) electrons. The lowest BCUT2D eigenvalue weighted by Crippen LogP contribution is -2.02. The molecule has 0 spiro atoms. The van der Waals surface area contributed by atoms with E-state index in [-0.39, 0.29) is 0 Å². The standard InChI is InChI=1S/C17H20/c1-4-16(15-8-6-5-7-9-15)17-11-10-13(2)12-14(17)3/h5-12,16H,4H2,1-3H3. The molecule has 2 rings (SSSR count). The minimum absolute atomic E-state index is 0.525. The molecule has 0 fully saturated rings. The van der Waals surface area contributed by atoms with Crippen LogP contribution in [0.25, 0.3) is 0 Å². The van der Waals surface area contributed by atoms with Crippen molar-refractivity contribution in [3.63, 3.8) is 0 Å². The summed E-state index contributed by atoms with van der Waals surface area (Å²) in [5.74, 6) is 0.525. The van der Waals surface area contributed by atoms with Crippen molar-refractivity contribution >= 4 is 0 Å². The normalized spacial score (nSPS) is 12.4. The molecule has 0 heterocycles. The third kappa shape index (κ3) is 2.58. The molecule has 0 aliphatic heterocycles. The molecule has 0 aliphatic rings. The van der Waals surface area contributed by atoms with E-state index < -0.39 is 0 Å². The van der Waals surface area contributed by atoms with Gasteiger partial charge in [0, 0.05) is 5.92 Å². The van der Waals surface area contributed by atoms with E-state index in [2.05, 4.69) is 69.3 Å². The third-order valence-corrected chi connectivity index (χ3v) is 3.41. The maximum atomic E-state index is 2.28. The van der Waals surface area contributed by atoms with Crippen molar-refractivity contribution in [3.05, 3.63) is 70.8 Å². The summed E-state index contributed by atoms with van der Waals surface area (Å²) in [5, 5.41) is 0. The van der Waals surface area contributed by atoms with Crippen LogP contribution in [-0.4, -0.2) is 0 Å². The van der Waals surface area contributed by atoms with Gasteiger partial charge in [-0.2, -0.15) is 0 Å². The van der Waals surface area contributed by atoms with Crippen LogP contribution in [0.15, 0.2) is 48.5 Å². The lowest BCUT2D eigenvalue weighted by atomic mass is 9.86. The summed E-state index contributed by atoms with van der Waals surface area (Å²) < 4.78 is 0. The molecule has 0 aliphatic carbocycles. The van der Waals surface area contributed by atoms with Gasteiger partial charge in [-0.1, -0.05) is 61.0 Å². The summed E-state index contributed by atoms with van der Waals surface area (Å²) in [6.07, 6.45) is 1.15. The molecular formula is C17H20. The fourth-order valence-electron chi connectivity index (χ4n) is 2.54. The average molecular weight is 224 g/mol. The third-order valence-electron chi connectivity index (χ3n) is 3.41. The predicted molar refractivity (Wildman–Crippen MR) is 74.5 cm³/mol. The summed E-state index contributed by atoms with van der Waals surface area (Å²) >= 11 is 0. The lowest BCUT2D eigenvalue weighted by Gasteiger charge is -2.18. The van der Waals surface area contributed by atoms with Crippen molar-refractivity contribution < 1.29 is 0 Å². The average Bonchev–Trinajstić information content (AvgIpc) is 2.34. The zero-order valence-corrected chi connectivity index (χ0v) is 10.9. The molecule has 2 aromatic carbocycles. The molecule has 1 atom stereocenters. The second-order valence-electron chi connectivity index (χ2n) is 4.73. The molecule has 0 nitrogen and oxygen atoms in total. The zero-order valence-electron chi connectivity index (χ0n) is 10.9. The molecule has 17 heavy (non-hydrogen) atoms. The highest BCUT2D eigenvalue weighted by Gasteiger charge is 2.13. The Bertz CT molecular complexity index is 483. The first-order valence-electron chi connectivity index (χ1n) is 6.34. The van der Waals surface area contributed by atoms with E-state index in [1.54, 1.807) is 0 Å². The van der Waals surface area contributed by atoms with E-state index in [9.17, 15) is 0 Å². The summed E-state index contributed by atoms with van der Waals surface area (Å²) in [6.45, 7) is 6.63. The Morgan fingerprint density at radius 2 is 1.65 bits per heavy atom. The lowest BCUT2D eigenvalue weighted by molar-refractivity contribution is 0.771. The number of rotatable bonds is 3. The number of hydrogen-bond donors (Lipinski definition) is 0. The van der Waals surface area contributed by atoms with Gasteiger partial charge in [0.1, 0.15) is 0 Å². The summed E-state index contributed by atoms with van der Waals surface area (Å²) in [4.78, 5) is 0. The zero-order chi connectivity index (χ0) is 12.3. The smallest absolute Gasteiger partial charge is 0.00893 e. The molecule has 0 saturated heterocycles. The van der Waals surface area contributed by atoms with Crippen LogP contribution < -0.4 is 0 Å². The van der Waals surface area contributed by atoms with Crippen LogP contribution >= 0.6 is 0 Å². The van der Waals surface area contributed by atoms with Crippen molar-refractivity contribution in [3.8, 4) is 0 Å². The monoisotopic (exact) mass is 224 g/mol. The Morgan fingerprint density at radius 1 is 0.941 bits per heavy atom. The van der Waals surface area contributed by atoms with Gasteiger partial charge in [-0.25, -0.2) is 0 Å². The van der Waals surface area contributed by atoms with Crippen LogP contribution in [-0.2, 0) is 0 Å². The first-order valence-corrected chi connectivity index (χ1v) is 6.34. The minimum Gasteiger partial charge on any atom is -0.0645 e. The van der Waals surface area contributed by atoms with Gasteiger partial charge in [-0.15, -0.1) is 0 Å². The van der Waals surface area contributed by atoms with Crippen molar-refractivity contribution in [1.82, 2.24) is 0 Å². The van der Waals surface area contributed by atoms with Gasteiger partial charge in [0.25, 0.3) is 0 Å². The molecule has 0 saturated carbocycles. The van der Waals surface area contributed by atoms with Crippen LogP contribution in [0.1, 0.15) is 41.5 Å².